The molecule has 4 heterocycles. The zero-order valence-corrected chi connectivity index (χ0v) is 16.1. The standard InChI is InChI=1S/C22H27N5/c1-16-15-21(23-19-8-5-4-7-18(16)19)26-13-10-17(11-14-26)22-25-24-20-9-3-2-6-12-27(20)22/h4-5,7-8,15,17H,2-3,6,9-14H2,1H3. The minimum atomic E-state index is 0.530. The van der Waals surface area contributed by atoms with E-state index in [-0.39, 0.29) is 0 Å². The van der Waals surface area contributed by atoms with Crippen LogP contribution in [-0.4, -0.2) is 32.8 Å². The molecule has 0 N–H and O–H groups in total. The Bertz CT molecular complexity index is 952. The van der Waals surface area contributed by atoms with Gasteiger partial charge in [-0.2, -0.15) is 0 Å². The highest BCUT2D eigenvalue weighted by Gasteiger charge is 2.27. The van der Waals surface area contributed by atoms with Crippen LogP contribution in [0.2, 0.25) is 0 Å². The predicted molar refractivity (Wildman–Crippen MR) is 108 cm³/mol. The van der Waals surface area contributed by atoms with Crippen molar-refractivity contribution in [2.75, 3.05) is 18.0 Å². The van der Waals surface area contributed by atoms with Crippen molar-refractivity contribution in [1.29, 1.82) is 0 Å². The maximum Gasteiger partial charge on any atom is 0.136 e. The minimum Gasteiger partial charge on any atom is -0.357 e. The summed E-state index contributed by atoms with van der Waals surface area (Å²) in [6.07, 6.45) is 7.18. The van der Waals surface area contributed by atoms with Gasteiger partial charge in [0.05, 0.1) is 5.52 Å². The highest BCUT2D eigenvalue weighted by Crippen LogP contribution is 2.31. The van der Waals surface area contributed by atoms with Crippen molar-refractivity contribution < 1.29 is 0 Å². The summed E-state index contributed by atoms with van der Waals surface area (Å²) >= 11 is 0. The van der Waals surface area contributed by atoms with E-state index in [1.165, 1.54) is 41.9 Å². The van der Waals surface area contributed by atoms with Crippen LogP contribution in [0, 0.1) is 6.92 Å². The molecule has 1 saturated heterocycles. The van der Waals surface area contributed by atoms with Crippen molar-refractivity contribution >= 4 is 16.7 Å². The molecule has 0 atom stereocenters. The second kappa shape index (κ2) is 6.95. The molecule has 0 radical (unpaired) electrons. The first-order valence-corrected chi connectivity index (χ1v) is 10.3. The van der Waals surface area contributed by atoms with Crippen molar-refractivity contribution in [2.24, 2.45) is 0 Å². The van der Waals surface area contributed by atoms with Crippen LogP contribution in [0.5, 0.6) is 0 Å². The second-order valence-electron chi connectivity index (χ2n) is 8.01. The fourth-order valence-electron chi connectivity index (χ4n) is 4.67. The van der Waals surface area contributed by atoms with Crippen LogP contribution < -0.4 is 4.90 Å². The monoisotopic (exact) mass is 361 g/mol. The number of nitrogens with zero attached hydrogens (tertiary/aromatic N) is 5. The van der Waals surface area contributed by atoms with E-state index in [4.69, 9.17) is 4.98 Å². The van der Waals surface area contributed by atoms with Gasteiger partial charge in [-0.3, -0.25) is 0 Å². The van der Waals surface area contributed by atoms with Gasteiger partial charge in [-0.25, -0.2) is 4.98 Å². The van der Waals surface area contributed by atoms with Gasteiger partial charge < -0.3 is 9.47 Å². The van der Waals surface area contributed by atoms with Crippen molar-refractivity contribution in [3.8, 4) is 0 Å². The lowest BCUT2D eigenvalue weighted by molar-refractivity contribution is 0.458. The Kier molecular flexibility index (Phi) is 4.30. The van der Waals surface area contributed by atoms with E-state index in [1.807, 2.05) is 0 Å². The van der Waals surface area contributed by atoms with E-state index in [1.54, 1.807) is 0 Å². The summed E-state index contributed by atoms with van der Waals surface area (Å²) < 4.78 is 2.42. The van der Waals surface area contributed by atoms with Gasteiger partial charge in [0.2, 0.25) is 0 Å². The molecule has 5 rings (SSSR count). The number of piperidine rings is 1. The Balaban J connectivity index is 1.34. The molecule has 3 aromatic rings. The summed E-state index contributed by atoms with van der Waals surface area (Å²) in [6.45, 7) is 5.37. The van der Waals surface area contributed by atoms with E-state index in [0.717, 1.165) is 50.2 Å². The van der Waals surface area contributed by atoms with E-state index in [9.17, 15) is 0 Å². The average Bonchev–Trinajstić information content (AvgIpc) is 2.96. The third-order valence-corrected chi connectivity index (χ3v) is 6.23. The molecule has 2 aliphatic heterocycles. The molecule has 5 heteroatoms. The largest absolute Gasteiger partial charge is 0.357 e. The third kappa shape index (κ3) is 3.09. The van der Waals surface area contributed by atoms with Crippen molar-refractivity contribution in [3.05, 3.63) is 47.5 Å². The Hall–Kier alpha value is -2.43. The number of aryl methyl sites for hydroxylation is 2. The van der Waals surface area contributed by atoms with Gasteiger partial charge in [0.25, 0.3) is 0 Å². The van der Waals surface area contributed by atoms with Crippen LogP contribution in [0.1, 0.15) is 55.2 Å². The molecule has 5 nitrogen and oxygen atoms in total. The maximum atomic E-state index is 4.92. The Morgan fingerprint density at radius 1 is 0.963 bits per heavy atom. The molecule has 0 saturated carbocycles. The van der Waals surface area contributed by atoms with Gasteiger partial charge in [-0.15, -0.1) is 10.2 Å². The first-order valence-electron chi connectivity index (χ1n) is 10.3. The van der Waals surface area contributed by atoms with E-state index >= 15 is 0 Å². The number of aromatic nitrogens is 4. The summed E-state index contributed by atoms with van der Waals surface area (Å²) in [5, 5.41) is 10.3. The molecule has 2 aromatic heterocycles. The summed E-state index contributed by atoms with van der Waals surface area (Å²) in [7, 11) is 0. The minimum absolute atomic E-state index is 0.530. The van der Waals surface area contributed by atoms with Gasteiger partial charge in [0, 0.05) is 37.4 Å². The summed E-state index contributed by atoms with van der Waals surface area (Å²) in [5.74, 6) is 4.08. The predicted octanol–water partition coefficient (Wildman–Crippen LogP) is 4.25. The maximum absolute atomic E-state index is 4.92. The van der Waals surface area contributed by atoms with Gasteiger partial charge in [-0.1, -0.05) is 24.6 Å². The highest BCUT2D eigenvalue weighted by atomic mass is 15.3. The normalized spacial score (nSPS) is 18.5. The van der Waals surface area contributed by atoms with Crippen LogP contribution in [0.15, 0.2) is 30.3 Å². The van der Waals surface area contributed by atoms with Crippen LogP contribution in [-0.2, 0) is 13.0 Å². The topological polar surface area (TPSA) is 46.8 Å². The SMILES string of the molecule is Cc1cc(N2CCC(c3nnc4n3CCCCC4)CC2)nc2ccccc12. The molecule has 2 aliphatic rings. The number of pyridine rings is 1. The Morgan fingerprint density at radius 2 is 1.81 bits per heavy atom. The number of anilines is 1. The molecular weight excluding hydrogens is 334 g/mol. The van der Waals surface area contributed by atoms with Gasteiger partial charge in [-0.05, 0) is 50.3 Å². The quantitative estimate of drug-likeness (QED) is 0.685. The molecule has 0 aliphatic carbocycles. The van der Waals surface area contributed by atoms with Gasteiger partial charge in [0.15, 0.2) is 0 Å². The molecule has 0 spiro atoms. The fraction of sp³-hybridized carbons (Fsp3) is 0.500. The van der Waals surface area contributed by atoms with Crippen molar-refractivity contribution in [1.82, 2.24) is 19.7 Å². The highest BCUT2D eigenvalue weighted by molar-refractivity contribution is 5.83. The van der Waals surface area contributed by atoms with E-state index in [2.05, 4.69) is 56.9 Å². The first-order chi connectivity index (χ1) is 13.3. The molecule has 0 bridgehead atoms. The Morgan fingerprint density at radius 3 is 2.70 bits per heavy atom. The summed E-state index contributed by atoms with van der Waals surface area (Å²) in [6, 6.07) is 10.7. The number of benzene rings is 1. The molecule has 27 heavy (non-hydrogen) atoms. The summed E-state index contributed by atoms with van der Waals surface area (Å²) in [5.41, 5.74) is 2.40. The lowest BCUT2D eigenvalue weighted by Crippen LogP contribution is -2.34. The zero-order valence-electron chi connectivity index (χ0n) is 16.1. The zero-order chi connectivity index (χ0) is 18.2. The number of hydrogen-bond donors (Lipinski definition) is 0. The first kappa shape index (κ1) is 16.7. The average molecular weight is 361 g/mol. The van der Waals surface area contributed by atoms with Crippen molar-refractivity contribution in [2.45, 2.75) is 57.9 Å². The van der Waals surface area contributed by atoms with Crippen LogP contribution >= 0.6 is 0 Å². The molecule has 1 fully saturated rings. The second-order valence-corrected chi connectivity index (χ2v) is 8.01. The molecule has 0 amide bonds. The van der Waals surface area contributed by atoms with E-state index < -0.39 is 0 Å². The lowest BCUT2D eigenvalue weighted by Gasteiger charge is -2.33. The van der Waals surface area contributed by atoms with Crippen LogP contribution in [0.25, 0.3) is 10.9 Å². The Labute approximate surface area is 160 Å². The van der Waals surface area contributed by atoms with Crippen molar-refractivity contribution in [3.63, 3.8) is 0 Å². The number of fused-ring (bicyclic) bond motifs is 2. The molecule has 0 unspecified atom stereocenters. The van der Waals surface area contributed by atoms with E-state index in [0.29, 0.717) is 5.92 Å². The summed E-state index contributed by atoms with van der Waals surface area (Å²) in [4.78, 5) is 7.36. The molecule has 140 valence electrons. The van der Waals surface area contributed by atoms with Gasteiger partial charge >= 0.3 is 0 Å². The number of para-hydroxylation sites is 1. The number of rotatable bonds is 2. The smallest absolute Gasteiger partial charge is 0.136 e. The lowest BCUT2D eigenvalue weighted by atomic mass is 9.95. The molecular formula is C22H27N5. The third-order valence-electron chi connectivity index (χ3n) is 6.23. The fourth-order valence-corrected chi connectivity index (χ4v) is 4.67. The molecule has 1 aromatic carbocycles. The van der Waals surface area contributed by atoms with Gasteiger partial charge in [0.1, 0.15) is 17.5 Å². The number of hydrogen-bond acceptors (Lipinski definition) is 4. The van der Waals surface area contributed by atoms with Crippen LogP contribution in [0.3, 0.4) is 0 Å². The van der Waals surface area contributed by atoms with Crippen LogP contribution in [0.4, 0.5) is 5.82 Å².